The zero-order valence-corrected chi connectivity index (χ0v) is 11.0. The number of rotatable bonds is 2. The number of aryl methyl sites for hydroxylation is 2. The number of fused-ring (bicyclic) bond motifs is 1. The van der Waals surface area contributed by atoms with Crippen LogP contribution in [0.3, 0.4) is 0 Å². The fraction of sp³-hybridized carbons (Fsp3) is 0.267. The van der Waals surface area contributed by atoms with Gasteiger partial charge in [-0.2, -0.15) is 0 Å². The molecule has 0 aliphatic heterocycles. The lowest BCUT2D eigenvalue weighted by atomic mass is 10.1. The Morgan fingerprint density at radius 3 is 3.06 bits per heavy atom. The molecule has 0 bridgehead atoms. The lowest BCUT2D eigenvalue weighted by Crippen LogP contribution is -2.09. The number of hydrogen-bond acceptors (Lipinski definition) is 2. The molecule has 1 atom stereocenters. The van der Waals surface area contributed by atoms with Crippen molar-refractivity contribution in [3.63, 3.8) is 0 Å². The highest BCUT2D eigenvalue weighted by atomic mass is 35.5. The minimum Gasteiger partial charge on any atom is -0.376 e. The first kappa shape index (κ1) is 11.5. The van der Waals surface area contributed by atoms with Crippen molar-refractivity contribution in [1.29, 1.82) is 0 Å². The van der Waals surface area contributed by atoms with E-state index in [-0.39, 0.29) is 0 Å². The maximum Gasteiger partial charge on any atom is 0.0691 e. The quantitative estimate of drug-likeness (QED) is 0.876. The second kappa shape index (κ2) is 4.62. The summed E-state index contributed by atoms with van der Waals surface area (Å²) in [6, 6.07) is 10.4. The van der Waals surface area contributed by atoms with Gasteiger partial charge in [-0.25, -0.2) is 0 Å². The van der Waals surface area contributed by atoms with Gasteiger partial charge in [0.2, 0.25) is 0 Å². The van der Waals surface area contributed by atoms with Crippen LogP contribution < -0.4 is 5.32 Å². The summed E-state index contributed by atoms with van der Waals surface area (Å²) in [4.78, 5) is 4.50. The van der Waals surface area contributed by atoms with Crippen molar-refractivity contribution in [2.24, 2.45) is 0 Å². The van der Waals surface area contributed by atoms with Crippen LogP contribution in [0.4, 0.5) is 5.69 Å². The van der Waals surface area contributed by atoms with Gasteiger partial charge in [-0.15, -0.1) is 0 Å². The van der Waals surface area contributed by atoms with Crippen molar-refractivity contribution in [3.05, 3.63) is 58.4 Å². The first-order valence-electron chi connectivity index (χ1n) is 6.20. The first-order valence-corrected chi connectivity index (χ1v) is 6.58. The number of halogens is 1. The van der Waals surface area contributed by atoms with E-state index in [1.165, 1.54) is 16.8 Å². The van der Waals surface area contributed by atoms with Crippen LogP contribution in [0, 0.1) is 6.92 Å². The van der Waals surface area contributed by atoms with Gasteiger partial charge in [0.05, 0.1) is 11.7 Å². The molecule has 0 saturated heterocycles. The van der Waals surface area contributed by atoms with Crippen molar-refractivity contribution < 1.29 is 0 Å². The molecule has 2 nitrogen and oxygen atoms in total. The van der Waals surface area contributed by atoms with Crippen LogP contribution in [-0.2, 0) is 6.42 Å². The van der Waals surface area contributed by atoms with E-state index in [9.17, 15) is 0 Å². The van der Waals surface area contributed by atoms with Gasteiger partial charge in [0.15, 0.2) is 0 Å². The second-order valence-electron chi connectivity index (χ2n) is 4.74. The molecular weight excluding hydrogens is 244 g/mol. The van der Waals surface area contributed by atoms with Gasteiger partial charge >= 0.3 is 0 Å². The maximum absolute atomic E-state index is 5.97. The van der Waals surface area contributed by atoms with Crippen molar-refractivity contribution in [3.8, 4) is 0 Å². The van der Waals surface area contributed by atoms with Crippen LogP contribution in [-0.4, -0.2) is 4.98 Å². The highest BCUT2D eigenvalue weighted by Crippen LogP contribution is 2.33. The van der Waals surface area contributed by atoms with Gasteiger partial charge in [-0.3, -0.25) is 4.98 Å². The molecule has 1 heterocycles. The van der Waals surface area contributed by atoms with Gasteiger partial charge in [0, 0.05) is 16.9 Å². The molecule has 0 saturated carbocycles. The molecule has 0 amide bonds. The summed E-state index contributed by atoms with van der Waals surface area (Å²) in [7, 11) is 0. The highest BCUT2D eigenvalue weighted by molar-refractivity contribution is 6.30. The molecule has 1 N–H and O–H groups in total. The zero-order valence-electron chi connectivity index (χ0n) is 10.3. The maximum atomic E-state index is 5.97. The van der Waals surface area contributed by atoms with Gasteiger partial charge in [-0.1, -0.05) is 17.7 Å². The fourth-order valence-corrected chi connectivity index (χ4v) is 2.76. The summed E-state index contributed by atoms with van der Waals surface area (Å²) in [5.41, 5.74) is 4.86. The Morgan fingerprint density at radius 1 is 1.33 bits per heavy atom. The molecule has 1 aliphatic rings. The van der Waals surface area contributed by atoms with Crippen LogP contribution in [0.2, 0.25) is 5.02 Å². The van der Waals surface area contributed by atoms with E-state index in [0.29, 0.717) is 6.04 Å². The Kier molecular flexibility index (Phi) is 2.96. The Balaban J connectivity index is 1.86. The number of nitrogens with zero attached hydrogens (tertiary/aromatic N) is 1. The van der Waals surface area contributed by atoms with E-state index >= 15 is 0 Å². The molecule has 1 unspecified atom stereocenters. The first-order chi connectivity index (χ1) is 8.74. The molecule has 1 aliphatic carbocycles. The molecule has 0 spiro atoms. The molecule has 0 fully saturated rings. The topological polar surface area (TPSA) is 24.9 Å². The number of pyridine rings is 1. The molecule has 1 aromatic heterocycles. The third-order valence-corrected chi connectivity index (χ3v) is 3.71. The van der Waals surface area contributed by atoms with Crippen molar-refractivity contribution in [2.45, 2.75) is 25.8 Å². The van der Waals surface area contributed by atoms with E-state index in [1.54, 1.807) is 0 Å². The Bertz CT molecular complexity index is 580. The lowest BCUT2D eigenvalue weighted by Gasteiger charge is -2.16. The number of aromatic nitrogens is 1. The van der Waals surface area contributed by atoms with Crippen molar-refractivity contribution >= 4 is 17.3 Å². The van der Waals surface area contributed by atoms with E-state index in [0.717, 1.165) is 23.6 Å². The molecule has 92 valence electrons. The minimum absolute atomic E-state index is 0.320. The third-order valence-electron chi connectivity index (χ3n) is 3.48. The molecule has 2 aromatic rings. The van der Waals surface area contributed by atoms with E-state index in [2.05, 4.69) is 23.3 Å². The molecule has 3 heteroatoms. The number of benzene rings is 1. The summed E-state index contributed by atoms with van der Waals surface area (Å²) >= 11 is 5.97. The average molecular weight is 259 g/mol. The highest BCUT2D eigenvalue weighted by Gasteiger charge is 2.23. The van der Waals surface area contributed by atoms with Crippen molar-refractivity contribution in [2.75, 3.05) is 5.32 Å². The predicted octanol–water partition coefficient (Wildman–Crippen LogP) is 4.14. The summed E-state index contributed by atoms with van der Waals surface area (Å²) < 4.78 is 0. The number of nitrogens with one attached hydrogen (secondary N) is 1. The zero-order chi connectivity index (χ0) is 12.5. The average Bonchev–Trinajstić information content (AvgIpc) is 2.76. The monoisotopic (exact) mass is 258 g/mol. The molecular formula is C15H15ClN2. The lowest BCUT2D eigenvalue weighted by molar-refractivity contribution is 0.745. The van der Waals surface area contributed by atoms with E-state index in [4.69, 9.17) is 11.6 Å². The van der Waals surface area contributed by atoms with E-state index < -0.39 is 0 Å². The molecule has 0 radical (unpaired) electrons. The number of hydrogen-bond donors (Lipinski definition) is 1. The standard InChI is InChI=1S/C15H15ClN2/c1-10-9-12(16)5-7-13(10)18-14-6-4-11-3-2-8-17-15(11)14/h2-3,5,7-9,14,18H,4,6H2,1H3. The molecule has 18 heavy (non-hydrogen) atoms. The van der Waals surface area contributed by atoms with Gasteiger partial charge in [0.1, 0.15) is 0 Å². The third kappa shape index (κ3) is 2.08. The van der Waals surface area contributed by atoms with Crippen LogP contribution in [0.15, 0.2) is 36.5 Å². The Morgan fingerprint density at radius 2 is 2.22 bits per heavy atom. The van der Waals surface area contributed by atoms with Gasteiger partial charge in [0.25, 0.3) is 0 Å². The largest absolute Gasteiger partial charge is 0.376 e. The Labute approximate surface area is 112 Å². The predicted molar refractivity (Wildman–Crippen MR) is 75.1 cm³/mol. The van der Waals surface area contributed by atoms with E-state index in [1.807, 2.05) is 30.5 Å². The van der Waals surface area contributed by atoms with Crippen LogP contribution in [0.1, 0.15) is 29.3 Å². The fourth-order valence-electron chi connectivity index (χ4n) is 2.53. The second-order valence-corrected chi connectivity index (χ2v) is 5.18. The molecule has 1 aromatic carbocycles. The van der Waals surface area contributed by atoms with Gasteiger partial charge in [-0.05, 0) is 55.2 Å². The summed E-state index contributed by atoms with van der Waals surface area (Å²) in [6.07, 6.45) is 4.08. The summed E-state index contributed by atoms with van der Waals surface area (Å²) in [5, 5.41) is 4.35. The van der Waals surface area contributed by atoms with Crippen LogP contribution in [0.5, 0.6) is 0 Å². The number of anilines is 1. The van der Waals surface area contributed by atoms with Gasteiger partial charge < -0.3 is 5.32 Å². The smallest absolute Gasteiger partial charge is 0.0691 e. The Hall–Kier alpha value is -1.54. The van der Waals surface area contributed by atoms with Crippen molar-refractivity contribution in [1.82, 2.24) is 4.98 Å². The summed E-state index contributed by atoms with van der Waals surface area (Å²) in [6.45, 7) is 2.07. The van der Waals surface area contributed by atoms with Crippen LogP contribution >= 0.6 is 11.6 Å². The molecule has 3 rings (SSSR count). The normalized spacial score (nSPS) is 17.6. The van der Waals surface area contributed by atoms with Crippen LogP contribution in [0.25, 0.3) is 0 Å². The summed E-state index contributed by atoms with van der Waals surface area (Å²) in [5.74, 6) is 0. The minimum atomic E-state index is 0.320. The SMILES string of the molecule is Cc1cc(Cl)ccc1NC1CCc2cccnc21.